The summed E-state index contributed by atoms with van der Waals surface area (Å²) < 4.78 is 11.2. The average molecular weight is 415 g/mol. The topological polar surface area (TPSA) is 77.5 Å². The van der Waals surface area contributed by atoms with E-state index < -0.39 is 11.7 Å². The maximum atomic E-state index is 12.4. The van der Waals surface area contributed by atoms with E-state index >= 15 is 0 Å². The maximum absolute atomic E-state index is 12.4. The highest BCUT2D eigenvalue weighted by Crippen LogP contribution is 2.37. The van der Waals surface area contributed by atoms with Crippen molar-refractivity contribution in [2.24, 2.45) is 0 Å². The van der Waals surface area contributed by atoms with E-state index in [0.717, 1.165) is 21.2 Å². The third-order valence-corrected chi connectivity index (χ3v) is 6.00. The molecule has 0 spiro atoms. The van der Waals surface area contributed by atoms with Gasteiger partial charge in [0.15, 0.2) is 5.13 Å². The Morgan fingerprint density at radius 3 is 2.07 bits per heavy atom. The fourth-order valence-corrected chi connectivity index (χ4v) is 4.10. The SMILES string of the molecule is COc1ccc(C(=O)C(=O)Nc2nc(-c3ccc(OC)cc3)c(SC)s2)cc1. The van der Waals surface area contributed by atoms with Crippen LogP contribution in [-0.2, 0) is 4.79 Å². The van der Waals surface area contributed by atoms with Crippen LogP contribution in [0.1, 0.15) is 10.4 Å². The minimum absolute atomic E-state index is 0.287. The number of Topliss-reactive ketones (excluding diaryl/α,β-unsaturated/α-hetero) is 1. The van der Waals surface area contributed by atoms with Crippen LogP contribution in [0.5, 0.6) is 11.5 Å². The van der Waals surface area contributed by atoms with Crippen molar-refractivity contribution in [1.29, 1.82) is 0 Å². The quantitative estimate of drug-likeness (QED) is 0.351. The molecule has 2 aromatic carbocycles. The van der Waals surface area contributed by atoms with Crippen LogP contribution in [-0.4, -0.2) is 37.1 Å². The monoisotopic (exact) mass is 414 g/mol. The normalized spacial score (nSPS) is 10.4. The summed E-state index contributed by atoms with van der Waals surface area (Å²) >= 11 is 2.86. The number of nitrogens with one attached hydrogen (secondary N) is 1. The largest absolute Gasteiger partial charge is 0.497 e. The van der Waals surface area contributed by atoms with Gasteiger partial charge in [0, 0.05) is 11.1 Å². The summed E-state index contributed by atoms with van der Waals surface area (Å²) in [6.07, 6.45) is 1.94. The van der Waals surface area contributed by atoms with Crippen LogP contribution in [0.25, 0.3) is 11.3 Å². The van der Waals surface area contributed by atoms with E-state index in [1.165, 1.54) is 30.2 Å². The van der Waals surface area contributed by atoms with E-state index in [9.17, 15) is 9.59 Å². The number of ketones is 1. The molecular weight excluding hydrogens is 396 g/mol. The predicted molar refractivity (Wildman–Crippen MR) is 112 cm³/mol. The minimum Gasteiger partial charge on any atom is -0.497 e. The Morgan fingerprint density at radius 1 is 0.964 bits per heavy atom. The van der Waals surface area contributed by atoms with Gasteiger partial charge in [-0.3, -0.25) is 14.9 Å². The highest BCUT2D eigenvalue weighted by atomic mass is 32.2. The van der Waals surface area contributed by atoms with Crippen LogP contribution in [0.2, 0.25) is 0 Å². The third-order valence-electron chi connectivity index (χ3n) is 3.92. The Hall–Kier alpha value is -2.84. The van der Waals surface area contributed by atoms with Crippen LogP contribution >= 0.6 is 23.1 Å². The van der Waals surface area contributed by atoms with E-state index in [0.29, 0.717) is 10.9 Å². The molecule has 1 amide bonds. The smallest absolute Gasteiger partial charge is 0.298 e. The molecule has 0 fully saturated rings. The highest BCUT2D eigenvalue weighted by Gasteiger charge is 2.20. The van der Waals surface area contributed by atoms with Gasteiger partial charge in [-0.15, -0.1) is 11.8 Å². The molecule has 0 saturated heterocycles. The molecule has 3 aromatic rings. The molecule has 0 aliphatic carbocycles. The Balaban J connectivity index is 1.78. The second-order valence-corrected chi connectivity index (χ2v) is 7.67. The lowest BCUT2D eigenvalue weighted by molar-refractivity contribution is -0.112. The first-order valence-electron chi connectivity index (χ1n) is 8.24. The number of anilines is 1. The predicted octanol–water partition coefficient (Wildman–Crippen LogP) is 4.37. The molecule has 0 radical (unpaired) electrons. The van der Waals surface area contributed by atoms with Crippen molar-refractivity contribution in [3.63, 3.8) is 0 Å². The van der Waals surface area contributed by atoms with E-state index in [1.807, 2.05) is 30.5 Å². The van der Waals surface area contributed by atoms with Crippen LogP contribution in [0, 0.1) is 0 Å². The number of aromatic nitrogens is 1. The molecule has 0 aliphatic rings. The summed E-state index contributed by atoms with van der Waals surface area (Å²) in [6, 6.07) is 13.9. The van der Waals surface area contributed by atoms with E-state index in [4.69, 9.17) is 9.47 Å². The number of rotatable bonds is 7. The molecule has 3 rings (SSSR count). The van der Waals surface area contributed by atoms with Gasteiger partial charge in [-0.05, 0) is 54.8 Å². The first-order valence-corrected chi connectivity index (χ1v) is 10.3. The van der Waals surface area contributed by atoms with E-state index in [-0.39, 0.29) is 5.56 Å². The number of carbonyl (C=O) groups is 2. The summed E-state index contributed by atoms with van der Waals surface area (Å²) in [6.45, 7) is 0. The second-order valence-electron chi connectivity index (χ2n) is 5.60. The zero-order chi connectivity index (χ0) is 20.1. The van der Waals surface area contributed by atoms with Crippen molar-refractivity contribution in [2.45, 2.75) is 4.21 Å². The molecule has 28 heavy (non-hydrogen) atoms. The number of thioether (sulfide) groups is 1. The van der Waals surface area contributed by atoms with Gasteiger partial charge in [0.2, 0.25) is 0 Å². The zero-order valence-corrected chi connectivity index (χ0v) is 17.1. The van der Waals surface area contributed by atoms with Crippen molar-refractivity contribution in [2.75, 3.05) is 25.8 Å². The van der Waals surface area contributed by atoms with E-state index in [1.54, 1.807) is 31.4 Å². The number of hydrogen-bond donors (Lipinski definition) is 1. The second kappa shape index (κ2) is 8.90. The lowest BCUT2D eigenvalue weighted by Crippen LogP contribution is -2.22. The van der Waals surface area contributed by atoms with Crippen LogP contribution in [0.4, 0.5) is 5.13 Å². The summed E-state index contributed by atoms with van der Waals surface area (Å²) in [5.41, 5.74) is 1.95. The number of benzene rings is 2. The summed E-state index contributed by atoms with van der Waals surface area (Å²) in [7, 11) is 3.15. The lowest BCUT2D eigenvalue weighted by atomic mass is 10.1. The summed E-state index contributed by atoms with van der Waals surface area (Å²) in [5.74, 6) is 0.0105. The van der Waals surface area contributed by atoms with Gasteiger partial charge in [-0.1, -0.05) is 11.3 Å². The average Bonchev–Trinajstić information content (AvgIpc) is 3.16. The van der Waals surface area contributed by atoms with Crippen LogP contribution < -0.4 is 14.8 Å². The minimum atomic E-state index is -0.729. The molecule has 0 aliphatic heterocycles. The molecule has 1 N–H and O–H groups in total. The molecule has 0 bridgehead atoms. The Morgan fingerprint density at radius 2 is 1.54 bits per heavy atom. The number of thiazole rings is 1. The van der Waals surface area contributed by atoms with Gasteiger partial charge in [0.25, 0.3) is 11.7 Å². The summed E-state index contributed by atoms with van der Waals surface area (Å²) in [5, 5.41) is 2.98. The molecular formula is C20H18N2O4S2. The summed E-state index contributed by atoms with van der Waals surface area (Å²) in [4.78, 5) is 29.2. The number of hydrogen-bond acceptors (Lipinski definition) is 7. The maximum Gasteiger partial charge on any atom is 0.298 e. The number of nitrogens with zero attached hydrogens (tertiary/aromatic N) is 1. The molecule has 8 heteroatoms. The van der Waals surface area contributed by atoms with Gasteiger partial charge in [0.1, 0.15) is 11.5 Å². The molecule has 6 nitrogen and oxygen atoms in total. The van der Waals surface area contributed by atoms with Crippen LogP contribution in [0.15, 0.2) is 52.7 Å². The zero-order valence-electron chi connectivity index (χ0n) is 15.5. The molecule has 144 valence electrons. The van der Waals surface area contributed by atoms with Crippen molar-refractivity contribution in [3.05, 3.63) is 54.1 Å². The highest BCUT2D eigenvalue weighted by molar-refractivity contribution is 8.00. The standard InChI is InChI=1S/C20H18N2O4S2/c1-25-14-8-4-12(5-9-14)16-19(27-3)28-20(21-16)22-18(24)17(23)13-6-10-15(26-2)11-7-13/h4-11H,1-3H3,(H,21,22,24). The fraction of sp³-hybridized carbons (Fsp3) is 0.150. The van der Waals surface area contributed by atoms with Gasteiger partial charge >= 0.3 is 0 Å². The molecule has 0 atom stereocenters. The molecule has 0 unspecified atom stereocenters. The van der Waals surface area contributed by atoms with Crippen LogP contribution in [0.3, 0.4) is 0 Å². The molecule has 0 saturated carbocycles. The van der Waals surface area contributed by atoms with Gasteiger partial charge in [0.05, 0.1) is 24.1 Å². The van der Waals surface area contributed by atoms with Crippen molar-refractivity contribution in [1.82, 2.24) is 4.98 Å². The number of carbonyl (C=O) groups excluding carboxylic acids is 2. The van der Waals surface area contributed by atoms with Crippen molar-refractivity contribution >= 4 is 39.9 Å². The van der Waals surface area contributed by atoms with Crippen molar-refractivity contribution in [3.8, 4) is 22.8 Å². The number of methoxy groups -OCH3 is 2. The van der Waals surface area contributed by atoms with Crippen molar-refractivity contribution < 1.29 is 19.1 Å². The Labute approximate surface area is 170 Å². The number of ether oxygens (including phenoxy) is 2. The molecule has 1 heterocycles. The molecule has 1 aromatic heterocycles. The van der Waals surface area contributed by atoms with Gasteiger partial charge in [-0.25, -0.2) is 4.98 Å². The first kappa shape index (κ1) is 19.9. The van der Waals surface area contributed by atoms with Gasteiger partial charge < -0.3 is 9.47 Å². The van der Waals surface area contributed by atoms with E-state index in [2.05, 4.69) is 10.3 Å². The Bertz CT molecular complexity index is 982. The Kier molecular flexibility index (Phi) is 6.33. The lowest BCUT2D eigenvalue weighted by Gasteiger charge is -2.03. The fourth-order valence-electron chi connectivity index (χ4n) is 2.46. The third kappa shape index (κ3) is 4.35. The first-order chi connectivity index (χ1) is 13.5. The number of amides is 1. The van der Waals surface area contributed by atoms with Gasteiger partial charge in [-0.2, -0.15) is 0 Å².